The van der Waals surface area contributed by atoms with Crippen LogP contribution in [-0.4, -0.2) is 25.0 Å². The fraction of sp³-hybridized carbons (Fsp3) is 0.167. The third kappa shape index (κ3) is 3.91. The minimum Gasteiger partial charge on any atom is -0.467 e. The van der Waals surface area contributed by atoms with Gasteiger partial charge in [0.15, 0.2) is 6.04 Å². The lowest BCUT2D eigenvalue weighted by Gasteiger charge is -2.05. The van der Waals surface area contributed by atoms with E-state index in [9.17, 15) is 4.79 Å². The summed E-state index contributed by atoms with van der Waals surface area (Å²) in [5.74, 6) is 2.64. The maximum absolute atomic E-state index is 11.4. The summed E-state index contributed by atoms with van der Waals surface area (Å²) in [4.78, 5) is 15.6. The molecule has 106 valence electrons. The van der Waals surface area contributed by atoms with Crippen molar-refractivity contribution in [2.24, 2.45) is 4.99 Å². The normalized spacial score (nSPS) is 11.1. The molecule has 0 saturated heterocycles. The molecule has 2 rings (SSSR count). The summed E-state index contributed by atoms with van der Waals surface area (Å²) in [7, 11) is 1.35. The molecule has 0 aliphatic carbocycles. The summed E-state index contributed by atoms with van der Waals surface area (Å²) in [6.07, 6.45) is 0. The van der Waals surface area contributed by atoms with Crippen LogP contribution in [0.3, 0.4) is 0 Å². The van der Waals surface area contributed by atoms with Crippen LogP contribution in [0, 0.1) is 0 Å². The zero-order valence-electron chi connectivity index (χ0n) is 12.1. The number of hydrogen-bond donors (Lipinski definition) is 0. The van der Waals surface area contributed by atoms with Crippen LogP contribution in [0.2, 0.25) is 0 Å². The van der Waals surface area contributed by atoms with E-state index in [1.54, 1.807) is 6.92 Å². The highest BCUT2D eigenvalue weighted by Crippen LogP contribution is 2.20. The predicted octanol–water partition coefficient (Wildman–Crippen LogP) is 3.35. The van der Waals surface area contributed by atoms with Crippen molar-refractivity contribution in [2.45, 2.75) is 13.0 Å². The molecule has 1 atom stereocenters. The molecule has 0 amide bonds. The molecule has 2 aromatic carbocycles. The maximum Gasteiger partial charge on any atom is 0.331 e. The number of carbonyl (C=O) groups excluding carboxylic acids is 1. The molecule has 2 aromatic rings. The molecule has 0 radical (unpaired) electrons. The summed E-state index contributed by atoms with van der Waals surface area (Å²) >= 11 is 0. The molecule has 0 heterocycles. The average Bonchev–Trinajstić information content (AvgIpc) is 2.56. The van der Waals surface area contributed by atoms with E-state index in [-0.39, 0.29) is 5.97 Å². The second-order valence-corrected chi connectivity index (χ2v) is 4.55. The molecule has 0 aliphatic rings. The van der Waals surface area contributed by atoms with Gasteiger partial charge in [-0.15, -0.1) is 0 Å². The number of carbonyl (C=O) groups is 1. The third-order valence-corrected chi connectivity index (χ3v) is 3.04. The van der Waals surface area contributed by atoms with Crippen LogP contribution >= 0.6 is 0 Å². The van der Waals surface area contributed by atoms with Gasteiger partial charge in [-0.3, -0.25) is 0 Å². The van der Waals surface area contributed by atoms with Gasteiger partial charge in [0, 0.05) is 0 Å². The molecule has 0 saturated carbocycles. The number of ether oxygens (including phenoxy) is 1. The van der Waals surface area contributed by atoms with Gasteiger partial charge in [0.2, 0.25) is 0 Å². The highest BCUT2D eigenvalue weighted by atomic mass is 16.5. The van der Waals surface area contributed by atoms with Crippen molar-refractivity contribution < 1.29 is 9.53 Å². The fourth-order valence-corrected chi connectivity index (χ4v) is 1.89. The molecule has 21 heavy (non-hydrogen) atoms. The van der Waals surface area contributed by atoms with E-state index >= 15 is 0 Å². The second kappa shape index (κ2) is 7.22. The summed E-state index contributed by atoms with van der Waals surface area (Å²) in [6.45, 7) is 1.69. The molecule has 0 spiro atoms. The molecule has 0 bridgehead atoms. The number of nitrogens with zero attached hydrogens (tertiary/aromatic N) is 1. The second-order valence-electron chi connectivity index (χ2n) is 4.55. The first-order valence-electron chi connectivity index (χ1n) is 6.74. The molecule has 0 aliphatic heterocycles. The van der Waals surface area contributed by atoms with Gasteiger partial charge in [0.25, 0.3) is 0 Å². The summed E-state index contributed by atoms with van der Waals surface area (Å²) in [5.41, 5.74) is 2.86. The van der Waals surface area contributed by atoms with E-state index in [1.807, 2.05) is 60.7 Å². The van der Waals surface area contributed by atoms with Crippen LogP contribution in [0.15, 0.2) is 65.7 Å². The van der Waals surface area contributed by atoms with E-state index in [4.69, 9.17) is 0 Å². The molecule has 0 fully saturated rings. The monoisotopic (exact) mass is 279 g/mol. The standard InChI is InChI=1S/C18H17NO2/c1-14(18(20)21-2)19-13-17(15-9-5-3-6-10-15)16-11-7-4-8-12-16/h3-12,14H,1-2H3/t14-/m0/s1. The van der Waals surface area contributed by atoms with Crippen LogP contribution in [-0.2, 0) is 9.53 Å². The van der Waals surface area contributed by atoms with Crippen LogP contribution in [0.25, 0.3) is 5.57 Å². The van der Waals surface area contributed by atoms with Gasteiger partial charge in [-0.05, 0) is 23.9 Å². The first-order valence-corrected chi connectivity index (χ1v) is 6.74. The average molecular weight is 279 g/mol. The van der Waals surface area contributed by atoms with E-state index < -0.39 is 6.04 Å². The smallest absolute Gasteiger partial charge is 0.331 e. The molecule has 3 heteroatoms. The summed E-state index contributed by atoms with van der Waals surface area (Å²) in [6, 6.07) is 19.2. The number of aliphatic imine (C=N–C) groups is 1. The van der Waals surface area contributed by atoms with Gasteiger partial charge in [0.05, 0.1) is 12.7 Å². The minimum atomic E-state index is -0.572. The van der Waals surface area contributed by atoms with Gasteiger partial charge in [-0.2, -0.15) is 0 Å². The van der Waals surface area contributed by atoms with Crippen molar-refractivity contribution >= 4 is 17.4 Å². The van der Waals surface area contributed by atoms with E-state index in [0.717, 1.165) is 16.7 Å². The van der Waals surface area contributed by atoms with Crippen molar-refractivity contribution in [3.05, 3.63) is 71.8 Å². The Balaban J connectivity index is 2.47. The van der Waals surface area contributed by atoms with Gasteiger partial charge in [-0.25, -0.2) is 9.79 Å². The van der Waals surface area contributed by atoms with Crippen molar-refractivity contribution in [3.63, 3.8) is 0 Å². The number of benzene rings is 2. The first kappa shape index (κ1) is 14.8. The lowest BCUT2D eigenvalue weighted by Crippen LogP contribution is -2.15. The largest absolute Gasteiger partial charge is 0.467 e. The Kier molecular flexibility index (Phi) is 5.08. The van der Waals surface area contributed by atoms with E-state index in [1.165, 1.54) is 7.11 Å². The zero-order valence-corrected chi connectivity index (χ0v) is 12.1. The summed E-state index contributed by atoms with van der Waals surface area (Å²) in [5, 5.41) is 0. The SMILES string of the molecule is COC(=O)[C@H](C)N=C=C(c1ccccc1)c1ccccc1. The molecule has 0 unspecified atom stereocenters. The van der Waals surface area contributed by atoms with Gasteiger partial charge in [0.1, 0.15) is 0 Å². The van der Waals surface area contributed by atoms with Crippen LogP contribution < -0.4 is 0 Å². The van der Waals surface area contributed by atoms with E-state index in [0.29, 0.717) is 0 Å². The van der Waals surface area contributed by atoms with E-state index in [2.05, 4.69) is 15.6 Å². The van der Waals surface area contributed by atoms with Gasteiger partial charge in [-0.1, -0.05) is 60.7 Å². The maximum atomic E-state index is 11.4. The van der Waals surface area contributed by atoms with Crippen LogP contribution in [0.4, 0.5) is 0 Å². The van der Waals surface area contributed by atoms with Crippen molar-refractivity contribution in [1.82, 2.24) is 0 Å². The Hall–Kier alpha value is -2.64. The number of hydrogen-bond acceptors (Lipinski definition) is 3. The third-order valence-electron chi connectivity index (χ3n) is 3.04. The predicted molar refractivity (Wildman–Crippen MR) is 84.3 cm³/mol. The highest BCUT2D eigenvalue weighted by Gasteiger charge is 2.10. The fourth-order valence-electron chi connectivity index (χ4n) is 1.89. The Morgan fingerprint density at radius 2 is 1.48 bits per heavy atom. The quantitative estimate of drug-likeness (QED) is 0.636. The lowest BCUT2D eigenvalue weighted by atomic mass is 9.99. The molecule has 0 aromatic heterocycles. The van der Waals surface area contributed by atoms with Crippen LogP contribution in [0.1, 0.15) is 18.1 Å². The molecule has 3 nitrogen and oxygen atoms in total. The van der Waals surface area contributed by atoms with Crippen molar-refractivity contribution in [2.75, 3.05) is 7.11 Å². The summed E-state index contributed by atoms with van der Waals surface area (Å²) < 4.78 is 4.67. The lowest BCUT2D eigenvalue weighted by molar-refractivity contribution is -0.141. The molecular weight excluding hydrogens is 262 g/mol. The minimum absolute atomic E-state index is 0.372. The molecular formula is C18H17NO2. The molecule has 0 N–H and O–H groups in total. The van der Waals surface area contributed by atoms with Crippen molar-refractivity contribution in [3.8, 4) is 0 Å². The van der Waals surface area contributed by atoms with Gasteiger partial charge < -0.3 is 4.74 Å². The first-order chi connectivity index (χ1) is 10.2. The number of esters is 1. The number of methoxy groups -OCH3 is 1. The Morgan fingerprint density at radius 1 is 1.00 bits per heavy atom. The Labute approximate surface area is 124 Å². The topological polar surface area (TPSA) is 38.7 Å². The van der Waals surface area contributed by atoms with Gasteiger partial charge >= 0.3 is 5.97 Å². The number of rotatable bonds is 4. The zero-order chi connectivity index (χ0) is 15.1. The Morgan fingerprint density at radius 3 is 1.90 bits per heavy atom. The Bertz CT molecular complexity index is 615. The highest BCUT2D eigenvalue weighted by molar-refractivity contribution is 5.99. The van der Waals surface area contributed by atoms with Crippen LogP contribution in [0.5, 0.6) is 0 Å². The van der Waals surface area contributed by atoms with Crippen molar-refractivity contribution in [1.29, 1.82) is 0 Å².